The maximum absolute atomic E-state index is 10.8. The van der Waals surface area contributed by atoms with Gasteiger partial charge >= 0.3 is 7.60 Å². The Bertz CT molecular complexity index is 615. The molecule has 0 bridgehead atoms. The Balaban J connectivity index is 0.00000220. The minimum Gasteiger partial charge on any atom is -1.00 e. The lowest BCUT2D eigenvalue weighted by molar-refractivity contribution is -0.693. The average molecular weight is 365 g/mol. The molecule has 2 N–H and O–H groups in total. The van der Waals surface area contributed by atoms with Crippen LogP contribution in [0.1, 0.15) is 6.92 Å². The van der Waals surface area contributed by atoms with E-state index < -0.39 is 7.60 Å². The normalized spacial score (nSPS) is 10.5. The van der Waals surface area contributed by atoms with E-state index in [-0.39, 0.29) is 31.0 Å². The highest BCUT2D eigenvalue weighted by Gasteiger charge is 2.15. The van der Waals surface area contributed by atoms with Gasteiger partial charge in [-0.3, -0.25) is 4.57 Å². The van der Waals surface area contributed by atoms with E-state index in [0.717, 1.165) is 17.7 Å². The molecule has 0 amide bonds. The van der Waals surface area contributed by atoms with Crippen molar-refractivity contribution < 1.29 is 48.3 Å². The summed E-state index contributed by atoms with van der Waals surface area (Å²) in [7, 11) is -3.93. The summed E-state index contributed by atoms with van der Waals surface area (Å²) in [4.78, 5) is 17.7. The zero-order valence-corrected chi connectivity index (χ0v) is 14.5. The minimum absolute atomic E-state index is 0. The summed E-state index contributed by atoms with van der Waals surface area (Å²) in [5.74, 6) is 0. The topological polar surface area (TPSA) is 65.3 Å². The Morgan fingerprint density at radius 2 is 1.32 bits per heavy atom. The predicted octanol–water partition coefficient (Wildman–Crippen LogP) is -4.87. The summed E-state index contributed by atoms with van der Waals surface area (Å²) in [5.41, 5.74) is 2.21. The third-order valence-electron chi connectivity index (χ3n) is 3.13. The fraction of sp³-hybridized carbons (Fsp3) is 0.286. The van der Waals surface area contributed by atoms with Gasteiger partial charge in [-0.05, 0) is 18.1 Å². The smallest absolute Gasteiger partial charge is 0.331 e. The lowest BCUT2D eigenvalue weighted by atomic mass is 10.1. The number of aryl methyl sites for hydroxylation is 2. The molecule has 0 aliphatic rings. The molecule has 5 nitrogen and oxygen atoms in total. The Hall–Kier alpha value is -0.970. The van der Waals surface area contributed by atoms with Crippen LogP contribution in [0.15, 0.2) is 49.1 Å². The Morgan fingerprint density at radius 1 is 0.909 bits per heavy atom. The number of pyridine rings is 2. The van der Waals surface area contributed by atoms with Crippen molar-refractivity contribution in [1.29, 1.82) is 0 Å². The highest BCUT2D eigenvalue weighted by Crippen LogP contribution is 2.33. The second-order valence-corrected chi connectivity index (χ2v) is 6.41. The molecule has 0 fully saturated rings. The van der Waals surface area contributed by atoms with Crippen LogP contribution in [0.2, 0.25) is 0 Å². The zero-order chi connectivity index (χ0) is 14.6. The van der Waals surface area contributed by atoms with Crippen LogP contribution in [0.4, 0.5) is 0 Å². The fourth-order valence-corrected chi connectivity index (χ4v) is 2.40. The van der Waals surface area contributed by atoms with Crippen LogP contribution in [0, 0.1) is 0 Å². The summed E-state index contributed by atoms with van der Waals surface area (Å²) in [5, 5.41) is 0. The average Bonchev–Trinajstić information content (AvgIpc) is 2.45. The number of aromatic nitrogens is 2. The number of nitrogens with zero attached hydrogens (tertiary/aromatic N) is 2. The van der Waals surface area contributed by atoms with E-state index in [0.29, 0.717) is 6.54 Å². The predicted molar refractivity (Wildman–Crippen MR) is 74.9 cm³/mol. The van der Waals surface area contributed by atoms with Crippen molar-refractivity contribution in [3.05, 3.63) is 49.1 Å². The van der Waals surface area contributed by atoms with Crippen LogP contribution in [0.3, 0.4) is 0 Å². The Kier molecular flexibility index (Phi) is 8.83. The molecule has 2 heterocycles. The van der Waals surface area contributed by atoms with E-state index in [1.807, 2.05) is 36.9 Å². The highest BCUT2D eigenvalue weighted by molar-refractivity contribution is 7.51. The van der Waals surface area contributed by atoms with E-state index in [4.69, 9.17) is 9.79 Å². The highest BCUT2D eigenvalue weighted by atomic mass is 35.5. The van der Waals surface area contributed by atoms with E-state index in [2.05, 4.69) is 23.6 Å². The number of hydrogen-bond acceptors (Lipinski definition) is 1. The van der Waals surface area contributed by atoms with Gasteiger partial charge in [0.1, 0.15) is 12.7 Å². The molecule has 8 heteroatoms. The molecule has 0 aromatic carbocycles. The van der Waals surface area contributed by atoms with Gasteiger partial charge in [-0.25, -0.2) is 9.13 Å². The summed E-state index contributed by atoms with van der Waals surface area (Å²) in [6, 6.07) is 8.01. The molecular formula is C14H19Cl2N2O3P. The van der Waals surface area contributed by atoms with Gasteiger partial charge in [0, 0.05) is 24.3 Å². The van der Waals surface area contributed by atoms with Crippen LogP contribution in [-0.2, 0) is 17.7 Å². The quantitative estimate of drug-likeness (QED) is 0.413. The van der Waals surface area contributed by atoms with Crippen molar-refractivity contribution in [2.45, 2.75) is 20.0 Å². The van der Waals surface area contributed by atoms with Crippen molar-refractivity contribution in [2.24, 2.45) is 0 Å². The van der Waals surface area contributed by atoms with Crippen molar-refractivity contribution >= 4 is 7.60 Å². The number of hydrogen-bond donors (Lipinski definition) is 2. The molecule has 0 atom stereocenters. The Labute approximate surface area is 142 Å². The lowest BCUT2D eigenvalue weighted by Crippen LogP contribution is -3.00. The lowest BCUT2D eigenvalue weighted by Gasteiger charge is -2.02. The van der Waals surface area contributed by atoms with Crippen LogP contribution >= 0.6 is 7.60 Å². The van der Waals surface area contributed by atoms with Crippen LogP contribution in [0.25, 0.3) is 11.1 Å². The summed E-state index contributed by atoms with van der Waals surface area (Å²) >= 11 is 0. The van der Waals surface area contributed by atoms with Gasteiger partial charge in [0.15, 0.2) is 31.3 Å². The molecule has 0 saturated carbocycles. The van der Waals surface area contributed by atoms with Crippen molar-refractivity contribution in [3.63, 3.8) is 0 Å². The van der Waals surface area contributed by atoms with Crippen molar-refractivity contribution in [1.82, 2.24) is 0 Å². The molecule has 2 rings (SSSR count). The molecule has 122 valence electrons. The first kappa shape index (κ1) is 21.0. The molecule has 0 spiro atoms. The molecule has 0 radical (unpaired) electrons. The third-order valence-corrected chi connectivity index (χ3v) is 3.91. The van der Waals surface area contributed by atoms with Gasteiger partial charge in [0.2, 0.25) is 0 Å². The Morgan fingerprint density at radius 3 is 1.68 bits per heavy atom. The van der Waals surface area contributed by atoms with Gasteiger partial charge in [-0.15, -0.1) is 0 Å². The SMILES string of the molecule is CC[n+]1ccc(-c2cc[n+](CCP(=O)(O)O)cc2)cc1.[Cl-].[Cl-]. The minimum atomic E-state index is -3.93. The summed E-state index contributed by atoms with van der Waals surface area (Å²) in [6.07, 6.45) is 7.60. The second kappa shape index (κ2) is 9.23. The first-order chi connectivity index (χ1) is 9.48. The van der Waals surface area contributed by atoms with Gasteiger partial charge in [-0.2, -0.15) is 0 Å². The van der Waals surface area contributed by atoms with Crippen LogP contribution in [0.5, 0.6) is 0 Å². The van der Waals surface area contributed by atoms with E-state index >= 15 is 0 Å². The van der Waals surface area contributed by atoms with Crippen LogP contribution < -0.4 is 33.9 Å². The molecule has 0 aliphatic heterocycles. The first-order valence-corrected chi connectivity index (χ1v) is 8.31. The molecule has 0 saturated heterocycles. The van der Waals surface area contributed by atoms with E-state index in [1.54, 1.807) is 4.57 Å². The maximum Gasteiger partial charge on any atom is 0.331 e. The number of rotatable bonds is 5. The zero-order valence-electron chi connectivity index (χ0n) is 12.1. The van der Waals surface area contributed by atoms with Gasteiger partial charge in [-0.1, -0.05) is 0 Å². The van der Waals surface area contributed by atoms with Gasteiger partial charge in [0.25, 0.3) is 0 Å². The maximum atomic E-state index is 10.8. The largest absolute Gasteiger partial charge is 1.00 e. The summed E-state index contributed by atoms with van der Waals surface area (Å²) < 4.78 is 14.7. The molecular weight excluding hydrogens is 346 g/mol. The van der Waals surface area contributed by atoms with E-state index in [9.17, 15) is 4.57 Å². The van der Waals surface area contributed by atoms with Crippen molar-refractivity contribution in [2.75, 3.05) is 6.16 Å². The summed E-state index contributed by atoms with van der Waals surface area (Å²) in [6.45, 7) is 3.35. The van der Waals surface area contributed by atoms with Crippen molar-refractivity contribution in [3.8, 4) is 11.1 Å². The first-order valence-electron chi connectivity index (χ1n) is 6.51. The molecule has 22 heavy (non-hydrogen) atoms. The molecule has 2 aromatic rings. The second-order valence-electron chi connectivity index (χ2n) is 4.63. The van der Waals surface area contributed by atoms with Gasteiger partial charge < -0.3 is 34.6 Å². The number of halogens is 2. The molecule has 2 aromatic heterocycles. The van der Waals surface area contributed by atoms with Gasteiger partial charge in [0.05, 0.1) is 0 Å². The monoisotopic (exact) mass is 364 g/mol. The van der Waals surface area contributed by atoms with Crippen LogP contribution in [-0.4, -0.2) is 15.9 Å². The standard InChI is InChI=1S/C14H17N2O3P.2ClH/c1-2-15-7-3-13(4-8-15)14-5-9-16(10-6-14)11-12-20(17,18)19;;/h3-10H,2,11-12H2,1H3;2*1H. The molecule has 0 unspecified atom stereocenters. The molecule has 0 aliphatic carbocycles. The third kappa shape index (κ3) is 6.42. The van der Waals surface area contributed by atoms with E-state index in [1.165, 1.54) is 0 Å². The fourth-order valence-electron chi connectivity index (χ4n) is 1.91.